The molecule has 32 heavy (non-hydrogen) atoms. The van der Waals surface area contributed by atoms with Gasteiger partial charge < -0.3 is 14.0 Å². The van der Waals surface area contributed by atoms with Crippen molar-refractivity contribution in [3.63, 3.8) is 0 Å². The Morgan fingerprint density at radius 1 is 1.16 bits per heavy atom. The van der Waals surface area contributed by atoms with Gasteiger partial charge in [-0.15, -0.1) is 0 Å². The lowest BCUT2D eigenvalue weighted by Crippen LogP contribution is -2.31. The molecule has 1 N–H and O–H groups in total. The molecule has 2 aromatic carbocycles. The second-order valence-corrected chi connectivity index (χ2v) is 7.31. The van der Waals surface area contributed by atoms with Gasteiger partial charge in [0, 0.05) is 11.2 Å². The summed E-state index contributed by atoms with van der Waals surface area (Å²) in [4.78, 5) is 25.3. The number of hydrazone groups is 1. The van der Waals surface area contributed by atoms with Gasteiger partial charge in [0.15, 0.2) is 11.5 Å². The molecule has 8 heteroatoms. The first-order valence-electron chi connectivity index (χ1n) is 10.1. The lowest BCUT2D eigenvalue weighted by Gasteiger charge is -2.10. The number of benzene rings is 2. The Balaban J connectivity index is 1.72. The van der Waals surface area contributed by atoms with Crippen molar-refractivity contribution in [2.24, 2.45) is 5.10 Å². The summed E-state index contributed by atoms with van der Waals surface area (Å²) in [6.45, 7) is 2.83. The van der Waals surface area contributed by atoms with Crippen molar-refractivity contribution in [1.82, 2.24) is 9.99 Å². The van der Waals surface area contributed by atoms with Gasteiger partial charge in [-0.05, 0) is 53.9 Å². The smallest absolute Gasteiger partial charge is 0.276 e. The Morgan fingerprint density at radius 2 is 1.97 bits per heavy atom. The number of aromatic nitrogens is 1. The number of carbonyl (C=O) groups is 1. The fraction of sp³-hybridized carbons (Fsp3) is 0.208. The number of methoxy groups -OCH3 is 1. The van der Waals surface area contributed by atoms with Gasteiger partial charge in [-0.1, -0.05) is 36.7 Å². The van der Waals surface area contributed by atoms with Crippen LogP contribution >= 0.6 is 11.6 Å². The molecular formula is C24H24ClN3O4. The van der Waals surface area contributed by atoms with E-state index in [0.29, 0.717) is 28.7 Å². The molecule has 0 bridgehead atoms. The van der Waals surface area contributed by atoms with E-state index < -0.39 is 11.5 Å². The minimum Gasteiger partial charge on any atom is -0.493 e. The van der Waals surface area contributed by atoms with E-state index >= 15 is 0 Å². The summed E-state index contributed by atoms with van der Waals surface area (Å²) in [5.74, 6) is 0.605. The summed E-state index contributed by atoms with van der Waals surface area (Å²) in [5.41, 5.74) is 3.45. The van der Waals surface area contributed by atoms with Crippen LogP contribution in [0.3, 0.4) is 0 Å². The van der Waals surface area contributed by atoms with Crippen LogP contribution in [0.25, 0.3) is 0 Å². The van der Waals surface area contributed by atoms with Crippen LogP contribution in [-0.2, 0) is 6.54 Å². The van der Waals surface area contributed by atoms with Crippen LogP contribution in [0.1, 0.15) is 34.8 Å². The molecule has 0 aliphatic rings. The first kappa shape index (κ1) is 23.1. The van der Waals surface area contributed by atoms with Gasteiger partial charge in [0.05, 0.1) is 26.5 Å². The highest BCUT2D eigenvalue weighted by atomic mass is 35.5. The predicted molar refractivity (Wildman–Crippen MR) is 125 cm³/mol. The molecule has 3 aromatic rings. The monoisotopic (exact) mass is 453 g/mol. The average molecular weight is 454 g/mol. The van der Waals surface area contributed by atoms with Gasteiger partial charge in [0.25, 0.3) is 11.5 Å². The number of hydrogen-bond acceptors (Lipinski definition) is 5. The van der Waals surface area contributed by atoms with Crippen LogP contribution in [0.4, 0.5) is 0 Å². The van der Waals surface area contributed by atoms with Crippen molar-refractivity contribution in [2.45, 2.75) is 19.9 Å². The summed E-state index contributed by atoms with van der Waals surface area (Å²) in [5, 5.41) is 4.53. The van der Waals surface area contributed by atoms with E-state index in [4.69, 9.17) is 21.1 Å². The van der Waals surface area contributed by atoms with Crippen LogP contribution in [0, 0.1) is 0 Å². The van der Waals surface area contributed by atoms with Crippen molar-refractivity contribution in [3.8, 4) is 11.5 Å². The molecule has 0 saturated carbocycles. The second kappa shape index (κ2) is 11.2. The van der Waals surface area contributed by atoms with Gasteiger partial charge in [0.2, 0.25) is 0 Å². The molecule has 0 aliphatic carbocycles. The van der Waals surface area contributed by atoms with E-state index in [-0.39, 0.29) is 12.1 Å². The SMILES string of the molecule is CCCOc1cc(/C=N\NC(=O)c2cccn(Cc3ccccc3Cl)c2=O)ccc1OC. The Hall–Kier alpha value is -3.58. The van der Waals surface area contributed by atoms with Crippen LogP contribution < -0.4 is 20.5 Å². The molecule has 0 aliphatic heterocycles. The quantitative estimate of drug-likeness (QED) is 0.390. The van der Waals surface area contributed by atoms with Crippen molar-refractivity contribution >= 4 is 23.7 Å². The standard InChI is InChI=1S/C24H24ClN3O4/c1-3-13-32-22-14-17(10-11-21(22)31-2)15-26-27-23(29)19-8-6-12-28(24(19)30)16-18-7-4-5-9-20(18)25/h4-12,14-15H,3,13,16H2,1-2H3,(H,27,29)/b26-15-. The summed E-state index contributed by atoms with van der Waals surface area (Å²) in [6.07, 6.45) is 3.95. The zero-order valence-electron chi connectivity index (χ0n) is 17.9. The number of hydrogen-bond donors (Lipinski definition) is 1. The maximum atomic E-state index is 12.8. The van der Waals surface area contributed by atoms with E-state index in [2.05, 4.69) is 10.5 Å². The third-order valence-electron chi connectivity index (χ3n) is 4.59. The number of pyridine rings is 1. The second-order valence-electron chi connectivity index (χ2n) is 6.90. The minimum atomic E-state index is -0.601. The molecule has 0 fully saturated rings. The van der Waals surface area contributed by atoms with Crippen molar-refractivity contribution in [1.29, 1.82) is 0 Å². The molecule has 166 valence electrons. The molecule has 3 rings (SSSR count). The molecule has 1 heterocycles. The van der Waals surface area contributed by atoms with Crippen molar-refractivity contribution in [2.75, 3.05) is 13.7 Å². The summed E-state index contributed by atoms with van der Waals surface area (Å²) in [6, 6.07) is 15.7. The van der Waals surface area contributed by atoms with Crippen LogP contribution in [-0.4, -0.2) is 30.4 Å². The molecule has 0 saturated heterocycles. The molecule has 1 aromatic heterocycles. The van der Waals surface area contributed by atoms with E-state index in [9.17, 15) is 9.59 Å². The number of amides is 1. The number of ether oxygens (including phenoxy) is 2. The highest BCUT2D eigenvalue weighted by Crippen LogP contribution is 2.27. The van der Waals surface area contributed by atoms with Gasteiger partial charge >= 0.3 is 0 Å². The maximum Gasteiger partial charge on any atom is 0.276 e. The molecule has 7 nitrogen and oxygen atoms in total. The van der Waals surface area contributed by atoms with Gasteiger partial charge in [-0.3, -0.25) is 9.59 Å². The lowest BCUT2D eigenvalue weighted by atomic mass is 10.2. The zero-order valence-corrected chi connectivity index (χ0v) is 18.6. The van der Waals surface area contributed by atoms with E-state index in [1.165, 1.54) is 16.8 Å². The number of nitrogens with one attached hydrogen (secondary N) is 1. The molecule has 0 unspecified atom stereocenters. The third kappa shape index (κ3) is 5.76. The molecule has 0 atom stereocenters. The topological polar surface area (TPSA) is 81.9 Å². The Kier molecular flexibility index (Phi) is 8.05. The third-order valence-corrected chi connectivity index (χ3v) is 4.96. The maximum absolute atomic E-state index is 12.8. The van der Waals surface area contributed by atoms with Gasteiger partial charge in [0.1, 0.15) is 5.56 Å². The number of nitrogens with zero attached hydrogens (tertiary/aromatic N) is 2. The molecule has 0 spiro atoms. The van der Waals surface area contributed by atoms with E-state index in [1.54, 1.807) is 43.6 Å². The minimum absolute atomic E-state index is 0.0154. The van der Waals surface area contributed by atoms with Crippen LogP contribution in [0.15, 0.2) is 70.7 Å². The average Bonchev–Trinajstić information content (AvgIpc) is 2.80. The highest BCUT2D eigenvalue weighted by Gasteiger charge is 2.12. The first-order valence-corrected chi connectivity index (χ1v) is 10.5. The zero-order chi connectivity index (χ0) is 22.9. The Bertz CT molecular complexity index is 1170. The number of rotatable bonds is 9. The largest absolute Gasteiger partial charge is 0.493 e. The highest BCUT2D eigenvalue weighted by molar-refractivity contribution is 6.31. The normalized spacial score (nSPS) is 10.8. The van der Waals surface area contributed by atoms with E-state index in [1.807, 2.05) is 25.1 Å². The summed E-state index contributed by atoms with van der Waals surface area (Å²) in [7, 11) is 1.57. The fourth-order valence-corrected chi connectivity index (χ4v) is 3.16. The number of halogens is 1. The molecule has 0 radical (unpaired) electrons. The van der Waals surface area contributed by atoms with Crippen LogP contribution in [0.2, 0.25) is 5.02 Å². The summed E-state index contributed by atoms with van der Waals surface area (Å²) >= 11 is 6.18. The van der Waals surface area contributed by atoms with Gasteiger partial charge in [-0.25, -0.2) is 5.43 Å². The molecular weight excluding hydrogens is 430 g/mol. The van der Waals surface area contributed by atoms with Crippen molar-refractivity contribution in [3.05, 3.63) is 92.9 Å². The predicted octanol–water partition coefficient (Wildman–Crippen LogP) is 4.11. The lowest BCUT2D eigenvalue weighted by molar-refractivity contribution is 0.0953. The van der Waals surface area contributed by atoms with E-state index in [0.717, 1.165) is 12.0 Å². The Labute approximate surface area is 191 Å². The number of carbonyl (C=O) groups excluding carboxylic acids is 1. The first-order chi connectivity index (χ1) is 15.5. The Morgan fingerprint density at radius 3 is 2.72 bits per heavy atom. The summed E-state index contributed by atoms with van der Waals surface area (Å²) < 4.78 is 12.4. The fourth-order valence-electron chi connectivity index (χ4n) is 2.97. The van der Waals surface area contributed by atoms with Crippen LogP contribution in [0.5, 0.6) is 11.5 Å². The molecule has 1 amide bonds. The van der Waals surface area contributed by atoms with Crippen molar-refractivity contribution < 1.29 is 14.3 Å². The van der Waals surface area contributed by atoms with Gasteiger partial charge in [-0.2, -0.15) is 5.10 Å².